The summed E-state index contributed by atoms with van der Waals surface area (Å²) in [5.74, 6) is -0.00489. The third-order valence-corrected chi connectivity index (χ3v) is 5.44. The zero-order chi connectivity index (χ0) is 14.7. The molecule has 1 heterocycles. The van der Waals surface area contributed by atoms with Crippen molar-refractivity contribution in [2.75, 3.05) is 6.61 Å². The van der Waals surface area contributed by atoms with Gasteiger partial charge in [-0.05, 0) is 32.3 Å². The monoisotopic (exact) mass is 287 g/mol. The van der Waals surface area contributed by atoms with Gasteiger partial charge in [0.25, 0.3) is 0 Å². The zero-order valence-corrected chi connectivity index (χ0v) is 12.3. The Bertz CT molecular complexity index is 516. The minimum Gasteiger partial charge on any atom is -0.396 e. The number of hydrogen-bond donors (Lipinski definition) is 2. The molecular weight excluding hydrogens is 266 g/mol. The van der Waals surface area contributed by atoms with Gasteiger partial charge in [-0.25, -0.2) is 23.5 Å². The smallest absolute Gasteiger partial charge is 0.215 e. The van der Waals surface area contributed by atoms with E-state index in [1.54, 1.807) is 26.2 Å². The second-order valence-corrected chi connectivity index (χ2v) is 7.05. The van der Waals surface area contributed by atoms with Crippen molar-refractivity contribution in [3.05, 3.63) is 23.8 Å². The van der Waals surface area contributed by atoms with Crippen LogP contribution in [0.15, 0.2) is 12.4 Å². The molecule has 1 rings (SSSR count). The van der Waals surface area contributed by atoms with E-state index >= 15 is 0 Å². The molecule has 0 aliphatic rings. The molecule has 6 nitrogen and oxygen atoms in total. The Morgan fingerprint density at radius 1 is 1.42 bits per heavy atom. The number of aromatic nitrogens is 2. The summed E-state index contributed by atoms with van der Waals surface area (Å²) in [4.78, 5) is 8.34. The first-order valence-electron chi connectivity index (χ1n) is 6.14. The molecule has 0 spiro atoms. The third-order valence-electron chi connectivity index (χ3n) is 3.59. The summed E-state index contributed by atoms with van der Waals surface area (Å²) in [5.41, 5.74) is 0.906. The van der Waals surface area contributed by atoms with Crippen LogP contribution in [0.2, 0.25) is 0 Å². The summed E-state index contributed by atoms with van der Waals surface area (Å²) < 4.78 is 22.6. The van der Waals surface area contributed by atoms with Crippen molar-refractivity contribution in [2.45, 2.75) is 44.3 Å². The maximum absolute atomic E-state index is 11.9. The first-order valence-corrected chi connectivity index (χ1v) is 7.68. The topological polar surface area (TPSA) is 106 Å². The minimum absolute atomic E-state index is 0.0768. The molecule has 0 bridgehead atoms. The van der Waals surface area contributed by atoms with Gasteiger partial charge in [0.1, 0.15) is 5.82 Å². The molecule has 108 valence electrons. The van der Waals surface area contributed by atoms with Gasteiger partial charge < -0.3 is 5.11 Å². The quantitative estimate of drug-likeness (QED) is 0.801. The van der Waals surface area contributed by atoms with Crippen LogP contribution < -0.4 is 5.14 Å². The number of nitrogens with two attached hydrogens (primary N) is 1. The second kappa shape index (κ2) is 5.94. The third kappa shape index (κ3) is 3.49. The van der Waals surface area contributed by atoms with Gasteiger partial charge in [-0.2, -0.15) is 0 Å². The van der Waals surface area contributed by atoms with Crippen molar-refractivity contribution in [1.82, 2.24) is 9.97 Å². The van der Waals surface area contributed by atoms with Gasteiger partial charge in [-0.15, -0.1) is 0 Å². The molecule has 1 aromatic heterocycles. The molecular formula is C12H21N3O3S. The van der Waals surface area contributed by atoms with Crippen molar-refractivity contribution in [2.24, 2.45) is 5.14 Å². The van der Waals surface area contributed by atoms with Crippen molar-refractivity contribution in [1.29, 1.82) is 0 Å². The minimum atomic E-state index is -3.79. The lowest BCUT2D eigenvalue weighted by Gasteiger charge is -2.32. The highest BCUT2D eigenvalue weighted by atomic mass is 32.2. The molecule has 7 heteroatoms. The molecule has 0 saturated heterocycles. The Labute approximate surface area is 114 Å². The SMILES string of the molecule is Cc1cnc(C(C)C(C)(CCCO)S(N)(=O)=O)nc1. The number of sulfonamides is 1. The Kier molecular flexibility index (Phi) is 5.00. The number of aliphatic hydroxyl groups excluding tert-OH is 1. The maximum Gasteiger partial charge on any atom is 0.215 e. The van der Waals surface area contributed by atoms with E-state index in [1.807, 2.05) is 6.92 Å². The normalized spacial score (nSPS) is 16.9. The molecule has 0 radical (unpaired) electrons. The highest BCUT2D eigenvalue weighted by Gasteiger charge is 2.43. The molecule has 0 aliphatic carbocycles. The van der Waals surface area contributed by atoms with Crippen LogP contribution in [0.25, 0.3) is 0 Å². The van der Waals surface area contributed by atoms with E-state index in [0.717, 1.165) is 5.56 Å². The average Bonchev–Trinajstić information content (AvgIpc) is 2.34. The number of hydrogen-bond acceptors (Lipinski definition) is 5. The Hall–Kier alpha value is -1.05. The summed E-state index contributed by atoms with van der Waals surface area (Å²) in [7, 11) is -3.79. The Balaban J connectivity index is 3.14. The van der Waals surface area contributed by atoms with Crippen LogP contribution in [-0.2, 0) is 10.0 Å². The summed E-state index contributed by atoms with van der Waals surface area (Å²) in [6.07, 6.45) is 3.92. The number of rotatable bonds is 6. The van der Waals surface area contributed by atoms with Gasteiger partial charge in [0, 0.05) is 24.9 Å². The van der Waals surface area contributed by atoms with E-state index in [-0.39, 0.29) is 13.0 Å². The first kappa shape index (κ1) is 16.0. The molecule has 2 atom stereocenters. The maximum atomic E-state index is 11.9. The van der Waals surface area contributed by atoms with E-state index in [9.17, 15) is 8.42 Å². The standard InChI is InChI=1S/C12H21N3O3S/c1-9-7-14-11(15-8-9)10(2)12(3,5-4-6-16)19(13,17)18/h7-8,10,16H,4-6H2,1-3H3,(H2,13,17,18). The highest BCUT2D eigenvalue weighted by molar-refractivity contribution is 7.90. The lowest BCUT2D eigenvalue weighted by molar-refractivity contribution is 0.271. The molecule has 2 unspecified atom stereocenters. The number of primary sulfonamides is 1. The zero-order valence-electron chi connectivity index (χ0n) is 11.5. The van der Waals surface area contributed by atoms with Crippen molar-refractivity contribution >= 4 is 10.0 Å². The van der Waals surface area contributed by atoms with E-state index in [4.69, 9.17) is 10.2 Å². The summed E-state index contributed by atoms with van der Waals surface area (Å²) in [6, 6.07) is 0. The number of aliphatic hydroxyl groups is 1. The van der Waals surface area contributed by atoms with E-state index in [1.165, 1.54) is 0 Å². The Morgan fingerprint density at radius 2 is 1.95 bits per heavy atom. The molecule has 19 heavy (non-hydrogen) atoms. The lowest BCUT2D eigenvalue weighted by atomic mass is 9.89. The van der Waals surface area contributed by atoms with Gasteiger partial charge in [0.05, 0.1) is 4.75 Å². The van der Waals surface area contributed by atoms with Gasteiger partial charge in [0.15, 0.2) is 0 Å². The van der Waals surface area contributed by atoms with Crippen LogP contribution in [0, 0.1) is 6.92 Å². The molecule has 0 saturated carbocycles. The van der Waals surface area contributed by atoms with Gasteiger partial charge in [-0.3, -0.25) is 0 Å². The largest absolute Gasteiger partial charge is 0.396 e. The summed E-state index contributed by atoms with van der Waals surface area (Å²) in [5, 5.41) is 14.3. The van der Waals surface area contributed by atoms with Gasteiger partial charge in [0.2, 0.25) is 10.0 Å². The van der Waals surface area contributed by atoms with E-state index in [2.05, 4.69) is 9.97 Å². The average molecular weight is 287 g/mol. The van der Waals surface area contributed by atoms with Crippen LogP contribution in [0.3, 0.4) is 0 Å². The van der Waals surface area contributed by atoms with Crippen LogP contribution in [0.1, 0.15) is 44.0 Å². The predicted octanol–water partition coefficient (Wildman–Crippen LogP) is 0.708. The highest BCUT2D eigenvalue weighted by Crippen LogP contribution is 2.35. The lowest BCUT2D eigenvalue weighted by Crippen LogP contribution is -2.45. The molecule has 0 aromatic carbocycles. The van der Waals surface area contributed by atoms with Crippen LogP contribution >= 0.6 is 0 Å². The van der Waals surface area contributed by atoms with Crippen molar-refractivity contribution < 1.29 is 13.5 Å². The molecule has 1 aromatic rings. The van der Waals surface area contributed by atoms with Crippen LogP contribution in [0.4, 0.5) is 0 Å². The fourth-order valence-electron chi connectivity index (χ4n) is 1.93. The number of nitrogens with zero attached hydrogens (tertiary/aromatic N) is 2. The van der Waals surface area contributed by atoms with Crippen LogP contribution in [-0.4, -0.2) is 34.8 Å². The first-order chi connectivity index (χ1) is 8.72. The second-order valence-electron chi connectivity index (χ2n) is 5.03. The molecule has 0 fully saturated rings. The van der Waals surface area contributed by atoms with Crippen molar-refractivity contribution in [3.63, 3.8) is 0 Å². The number of aryl methyl sites for hydroxylation is 1. The predicted molar refractivity (Wildman–Crippen MR) is 73.0 cm³/mol. The summed E-state index contributed by atoms with van der Waals surface area (Å²) in [6.45, 7) is 5.10. The van der Waals surface area contributed by atoms with Gasteiger partial charge >= 0.3 is 0 Å². The molecule has 0 amide bonds. The molecule has 0 aliphatic heterocycles. The fourth-order valence-corrected chi connectivity index (χ4v) is 2.96. The summed E-state index contributed by atoms with van der Waals surface area (Å²) >= 11 is 0. The van der Waals surface area contributed by atoms with E-state index < -0.39 is 20.7 Å². The molecule has 3 N–H and O–H groups in total. The fraction of sp³-hybridized carbons (Fsp3) is 0.667. The van der Waals surface area contributed by atoms with E-state index in [0.29, 0.717) is 12.2 Å². The van der Waals surface area contributed by atoms with Crippen LogP contribution in [0.5, 0.6) is 0 Å². The van der Waals surface area contributed by atoms with Gasteiger partial charge in [-0.1, -0.05) is 6.92 Å². The van der Waals surface area contributed by atoms with Crippen molar-refractivity contribution in [3.8, 4) is 0 Å². The Morgan fingerprint density at radius 3 is 2.37 bits per heavy atom.